The molecule has 0 aromatic heterocycles. The summed E-state index contributed by atoms with van der Waals surface area (Å²) in [7, 11) is 0. The standard InChI is InChI=1S/C18H25NO/c1-4-8-19-12-13(3)18(5-2)11-15(19)9-14-6-7-16(20)10-17(14)18/h4,6-7,10,13,15,20H,1,5,8-9,11-12H2,2-3H3/t13?,15?,18-/m0/s1. The summed E-state index contributed by atoms with van der Waals surface area (Å²) in [6.07, 6.45) is 5.51. The second-order valence-corrected chi connectivity index (χ2v) is 6.56. The number of fused-ring (bicyclic) bond motifs is 4. The van der Waals surface area contributed by atoms with E-state index in [9.17, 15) is 5.11 Å². The first kappa shape index (κ1) is 13.7. The van der Waals surface area contributed by atoms with Crippen LogP contribution in [-0.4, -0.2) is 29.1 Å². The van der Waals surface area contributed by atoms with Crippen LogP contribution in [0.1, 0.15) is 37.8 Å². The molecule has 3 rings (SSSR count). The zero-order chi connectivity index (χ0) is 14.3. The summed E-state index contributed by atoms with van der Waals surface area (Å²) in [5.41, 5.74) is 3.08. The first-order chi connectivity index (χ1) is 9.60. The molecule has 1 aliphatic carbocycles. The lowest BCUT2D eigenvalue weighted by Gasteiger charge is -2.54. The second-order valence-electron chi connectivity index (χ2n) is 6.56. The highest BCUT2D eigenvalue weighted by molar-refractivity contribution is 5.44. The molecule has 108 valence electrons. The monoisotopic (exact) mass is 271 g/mol. The first-order valence-electron chi connectivity index (χ1n) is 7.78. The van der Waals surface area contributed by atoms with Gasteiger partial charge in [-0.1, -0.05) is 26.0 Å². The molecular weight excluding hydrogens is 246 g/mol. The van der Waals surface area contributed by atoms with Gasteiger partial charge in [0.05, 0.1) is 0 Å². The van der Waals surface area contributed by atoms with E-state index in [1.165, 1.54) is 17.5 Å². The minimum Gasteiger partial charge on any atom is -0.508 e. The summed E-state index contributed by atoms with van der Waals surface area (Å²) >= 11 is 0. The van der Waals surface area contributed by atoms with E-state index < -0.39 is 0 Å². The van der Waals surface area contributed by atoms with Crippen LogP contribution in [0.3, 0.4) is 0 Å². The molecule has 20 heavy (non-hydrogen) atoms. The van der Waals surface area contributed by atoms with Crippen LogP contribution in [0.2, 0.25) is 0 Å². The van der Waals surface area contributed by atoms with Gasteiger partial charge in [-0.15, -0.1) is 6.58 Å². The minimum absolute atomic E-state index is 0.245. The van der Waals surface area contributed by atoms with Crippen molar-refractivity contribution in [1.82, 2.24) is 4.90 Å². The van der Waals surface area contributed by atoms with E-state index in [1.54, 1.807) is 0 Å². The molecule has 1 aromatic carbocycles. The van der Waals surface area contributed by atoms with E-state index in [-0.39, 0.29) is 5.41 Å². The number of hydrogen-bond acceptors (Lipinski definition) is 2. The molecule has 2 aliphatic rings. The average Bonchev–Trinajstić information content (AvgIpc) is 2.45. The summed E-state index contributed by atoms with van der Waals surface area (Å²) in [6, 6.07) is 6.62. The van der Waals surface area contributed by atoms with Crippen molar-refractivity contribution in [3.05, 3.63) is 42.0 Å². The third kappa shape index (κ3) is 1.89. The molecule has 3 atom stereocenters. The lowest BCUT2D eigenvalue weighted by atomic mass is 9.58. The molecule has 0 saturated carbocycles. The highest BCUT2D eigenvalue weighted by Gasteiger charge is 2.48. The number of nitrogens with zero attached hydrogens (tertiary/aromatic N) is 1. The molecule has 2 unspecified atom stereocenters. The lowest BCUT2D eigenvalue weighted by molar-refractivity contribution is 0.0408. The van der Waals surface area contributed by atoms with Crippen molar-refractivity contribution >= 4 is 0 Å². The van der Waals surface area contributed by atoms with Gasteiger partial charge in [0.1, 0.15) is 5.75 Å². The van der Waals surface area contributed by atoms with Crippen LogP contribution < -0.4 is 0 Å². The van der Waals surface area contributed by atoms with Gasteiger partial charge < -0.3 is 5.11 Å². The van der Waals surface area contributed by atoms with E-state index in [0.29, 0.717) is 17.7 Å². The highest BCUT2D eigenvalue weighted by atomic mass is 16.3. The molecule has 0 spiro atoms. The Bertz CT molecular complexity index is 524. The van der Waals surface area contributed by atoms with Crippen LogP contribution in [0.25, 0.3) is 0 Å². The van der Waals surface area contributed by atoms with E-state index in [0.717, 1.165) is 25.9 Å². The third-order valence-electron chi connectivity index (χ3n) is 5.65. The Hall–Kier alpha value is -1.28. The maximum Gasteiger partial charge on any atom is 0.115 e. The predicted octanol–water partition coefficient (Wildman–Crippen LogP) is 3.49. The molecule has 1 saturated heterocycles. The van der Waals surface area contributed by atoms with E-state index in [4.69, 9.17) is 0 Å². The molecular formula is C18H25NO. The van der Waals surface area contributed by atoms with Gasteiger partial charge in [-0.2, -0.15) is 0 Å². The predicted molar refractivity (Wildman–Crippen MR) is 83.1 cm³/mol. The Kier molecular flexibility index (Phi) is 3.37. The van der Waals surface area contributed by atoms with Gasteiger partial charge in [-0.3, -0.25) is 4.90 Å². The zero-order valence-corrected chi connectivity index (χ0v) is 12.6. The third-order valence-corrected chi connectivity index (χ3v) is 5.65. The topological polar surface area (TPSA) is 23.5 Å². The summed E-state index contributed by atoms with van der Waals surface area (Å²) < 4.78 is 0. The second kappa shape index (κ2) is 4.92. The highest BCUT2D eigenvalue weighted by Crippen LogP contribution is 2.50. The lowest BCUT2D eigenvalue weighted by Crippen LogP contribution is -2.57. The van der Waals surface area contributed by atoms with Gasteiger partial charge in [0.25, 0.3) is 0 Å². The normalized spacial score (nSPS) is 32.7. The molecule has 0 amide bonds. The van der Waals surface area contributed by atoms with Crippen molar-refractivity contribution in [3.63, 3.8) is 0 Å². The van der Waals surface area contributed by atoms with Crippen molar-refractivity contribution < 1.29 is 5.11 Å². The molecule has 2 nitrogen and oxygen atoms in total. The van der Waals surface area contributed by atoms with Gasteiger partial charge >= 0.3 is 0 Å². The number of phenols is 1. The zero-order valence-electron chi connectivity index (χ0n) is 12.6. The number of likely N-dealkylation sites (tertiary alicyclic amines) is 1. The largest absolute Gasteiger partial charge is 0.508 e. The Balaban J connectivity index is 2.08. The van der Waals surface area contributed by atoms with E-state index >= 15 is 0 Å². The van der Waals surface area contributed by atoms with Gasteiger partial charge in [0.2, 0.25) is 0 Å². The smallest absolute Gasteiger partial charge is 0.115 e. The Morgan fingerprint density at radius 1 is 1.50 bits per heavy atom. The number of aromatic hydroxyl groups is 1. The summed E-state index contributed by atoms with van der Waals surface area (Å²) in [6.45, 7) is 10.7. The molecule has 2 heteroatoms. The number of hydrogen-bond donors (Lipinski definition) is 1. The fraction of sp³-hybridized carbons (Fsp3) is 0.556. The fourth-order valence-corrected chi connectivity index (χ4v) is 4.54. The summed E-state index contributed by atoms with van der Waals surface area (Å²) in [5.74, 6) is 1.03. The average molecular weight is 271 g/mol. The van der Waals surface area contributed by atoms with Crippen molar-refractivity contribution in [3.8, 4) is 5.75 Å². The summed E-state index contributed by atoms with van der Waals surface area (Å²) in [5, 5.41) is 9.89. The molecule has 1 fully saturated rings. The van der Waals surface area contributed by atoms with Crippen molar-refractivity contribution in [2.45, 2.75) is 44.6 Å². The number of rotatable bonds is 3. The first-order valence-corrected chi connectivity index (χ1v) is 7.78. The quantitative estimate of drug-likeness (QED) is 0.851. The maximum absolute atomic E-state index is 9.89. The van der Waals surface area contributed by atoms with Crippen molar-refractivity contribution in [1.29, 1.82) is 0 Å². The van der Waals surface area contributed by atoms with Gasteiger partial charge in [0, 0.05) is 24.5 Å². The molecule has 1 N–H and O–H groups in total. The Labute approximate surface area is 122 Å². The number of phenolic OH excluding ortho intramolecular Hbond substituents is 1. The Morgan fingerprint density at radius 3 is 3.00 bits per heavy atom. The SMILES string of the molecule is C=CCN1CC(C)[C@]2(CC)CC1Cc1ccc(O)cc12. The molecule has 1 heterocycles. The Morgan fingerprint density at radius 2 is 2.30 bits per heavy atom. The van der Waals surface area contributed by atoms with Crippen molar-refractivity contribution in [2.24, 2.45) is 5.92 Å². The van der Waals surface area contributed by atoms with Crippen LogP contribution in [0.5, 0.6) is 5.75 Å². The maximum atomic E-state index is 9.89. The van der Waals surface area contributed by atoms with Gasteiger partial charge in [-0.25, -0.2) is 0 Å². The molecule has 1 aromatic rings. The van der Waals surface area contributed by atoms with Crippen LogP contribution in [0.4, 0.5) is 0 Å². The fourth-order valence-electron chi connectivity index (χ4n) is 4.54. The van der Waals surface area contributed by atoms with E-state index in [2.05, 4.69) is 31.4 Å². The molecule has 1 aliphatic heterocycles. The van der Waals surface area contributed by atoms with Crippen molar-refractivity contribution in [2.75, 3.05) is 13.1 Å². The van der Waals surface area contributed by atoms with Crippen LogP contribution in [0, 0.1) is 5.92 Å². The molecule has 2 bridgehead atoms. The number of benzene rings is 1. The number of piperidine rings is 1. The molecule has 0 radical (unpaired) electrons. The van der Waals surface area contributed by atoms with Gasteiger partial charge in [-0.05, 0) is 48.4 Å². The van der Waals surface area contributed by atoms with Gasteiger partial charge in [0.15, 0.2) is 0 Å². The van der Waals surface area contributed by atoms with Crippen LogP contribution >= 0.6 is 0 Å². The summed E-state index contributed by atoms with van der Waals surface area (Å²) in [4.78, 5) is 2.58. The van der Waals surface area contributed by atoms with E-state index in [1.807, 2.05) is 18.2 Å². The minimum atomic E-state index is 0.245. The van der Waals surface area contributed by atoms with Crippen LogP contribution in [0.15, 0.2) is 30.9 Å². The van der Waals surface area contributed by atoms with Crippen LogP contribution in [-0.2, 0) is 11.8 Å².